The smallest absolute Gasteiger partial charge is 0.303 e. The summed E-state index contributed by atoms with van der Waals surface area (Å²) in [6, 6.07) is 1.47. The standard InChI is InChI=1S/C10H14N2O4/c1-7(2-3-9(13)14)6-11-10(15)8-4-5-16-12-8/h4-5,7H,2-3,6H2,1H3,(H,11,15)(H,13,14). The van der Waals surface area contributed by atoms with Gasteiger partial charge in [0, 0.05) is 19.0 Å². The predicted molar refractivity (Wildman–Crippen MR) is 54.9 cm³/mol. The molecule has 1 unspecified atom stereocenters. The van der Waals surface area contributed by atoms with Crippen LogP contribution < -0.4 is 5.32 Å². The van der Waals surface area contributed by atoms with Crippen LogP contribution in [-0.2, 0) is 4.79 Å². The van der Waals surface area contributed by atoms with E-state index in [1.54, 1.807) is 0 Å². The Kier molecular flexibility index (Phi) is 4.50. The molecular formula is C10H14N2O4. The van der Waals surface area contributed by atoms with Crippen LogP contribution in [0.3, 0.4) is 0 Å². The maximum Gasteiger partial charge on any atom is 0.303 e. The summed E-state index contributed by atoms with van der Waals surface area (Å²) in [5.74, 6) is -1.02. The number of nitrogens with zero attached hydrogens (tertiary/aromatic N) is 1. The van der Waals surface area contributed by atoms with Crippen molar-refractivity contribution < 1.29 is 19.2 Å². The fourth-order valence-electron chi connectivity index (χ4n) is 1.16. The summed E-state index contributed by atoms with van der Waals surface area (Å²) in [6.45, 7) is 2.31. The van der Waals surface area contributed by atoms with Crippen molar-refractivity contribution in [2.75, 3.05) is 6.54 Å². The van der Waals surface area contributed by atoms with Crippen LogP contribution in [0.5, 0.6) is 0 Å². The number of carboxylic acids is 1. The number of nitrogens with one attached hydrogen (secondary N) is 1. The number of aliphatic carboxylic acids is 1. The van der Waals surface area contributed by atoms with Crippen LogP contribution in [0, 0.1) is 5.92 Å². The zero-order valence-electron chi connectivity index (χ0n) is 8.97. The fourth-order valence-corrected chi connectivity index (χ4v) is 1.16. The number of carbonyl (C=O) groups excluding carboxylic acids is 1. The van der Waals surface area contributed by atoms with Gasteiger partial charge < -0.3 is 14.9 Å². The largest absolute Gasteiger partial charge is 0.481 e. The van der Waals surface area contributed by atoms with E-state index >= 15 is 0 Å². The lowest BCUT2D eigenvalue weighted by molar-refractivity contribution is -0.137. The Balaban J connectivity index is 2.24. The molecule has 88 valence electrons. The average Bonchev–Trinajstić information content (AvgIpc) is 2.76. The molecule has 1 heterocycles. The molecule has 1 atom stereocenters. The van der Waals surface area contributed by atoms with Crippen LogP contribution in [0.2, 0.25) is 0 Å². The van der Waals surface area contributed by atoms with Gasteiger partial charge in [-0.2, -0.15) is 0 Å². The van der Waals surface area contributed by atoms with Crippen molar-refractivity contribution in [2.24, 2.45) is 5.92 Å². The van der Waals surface area contributed by atoms with Crippen LogP contribution >= 0.6 is 0 Å². The number of hydrogen-bond acceptors (Lipinski definition) is 4. The van der Waals surface area contributed by atoms with E-state index in [1.165, 1.54) is 12.3 Å². The van der Waals surface area contributed by atoms with Gasteiger partial charge >= 0.3 is 5.97 Å². The highest BCUT2D eigenvalue weighted by Crippen LogP contribution is 2.04. The minimum atomic E-state index is -0.824. The van der Waals surface area contributed by atoms with E-state index in [2.05, 4.69) is 15.0 Å². The molecule has 1 aromatic heterocycles. The summed E-state index contributed by atoms with van der Waals surface area (Å²) in [6.07, 6.45) is 1.97. The molecule has 6 heteroatoms. The number of amides is 1. The summed E-state index contributed by atoms with van der Waals surface area (Å²) >= 11 is 0. The van der Waals surface area contributed by atoms with Gasteiger partial charge in [0.05, 0.1) is 0 Å². The summed E-state index contributed by atoms with van der Waals surface area (Å²) in [4.78, 5) is 21.7. The zero-order chi connectivity index (χ0) is 12.0. The van der Waals surface area contributed by atoms with Crippen LogP contribution in [-0.4, -0.2) is 28.7 Å². The summed E-state index contributed by atoms with van der Waals surface area (Å²) < 4.78 is 4.53. The lowest BCUT2D eigenvalue weighted by atomic mass is 10.1. The lowest BCUT2D eigenvalue weighted by Gasteiger charge is -2.10. The van der Waals surface area contributed by atoms with Crippen LogP contribution in [0.1, 0.15) is 30.3 Å². The molecule has 1 rings (SSSR count). The Morgan fingerprint density at radius 1 is 1.62 bits per heavy atom. The van der Waals surface area contributed by atoms with E-state index < -0.39 is 5.97 Å². The first kappa shape index (κ1) is 12.2. The Morgan fingerprint density at radius 2 is 2.38 bits per heavy atom. The Labute approximate surface area is 92.6 Å². The second-order valence-corrected chi connectivity index (χ2v) is 3.63. The third-order valence-corrected chi connectivity index (χ3v) is 2.13. The van der Waals surface area contributed by atoms with E-state index in [4.69, 9.17) is 5.11 Å². The molecule has 0 aliphatic heterocycles. The van der Waals surface area contributed by atoms with Crippen LogP contribution in [0.15, 0.2) is 16.9 Å². The van der Waals surface area contributed by atoms with Crippen molar-refractivity contribution >= 4 is 11.9 Å². The third-order valence-electron chi connectivity index (χ3n) is 2.13. The van der Waals surface area contributed by atoms with Crippen LogP contribution in [0.25, 0.3) is 0 Å². The van der Waals surface area contributed by atoms with E-state index in [0.29, 0.717) is 13.0 Å². The normalized spacial score (nSPS) is 12.1. The second kappa shape index (κ2) is 5.89. The van der Waals surface area contributed by atoms with Gasteiger partial charge in [-0.05, 0) is 12.3 Å². The summed E-state index contributed by atoms with van der Waals surface area (Å²) in [5.41, 5.74) is 0.227. The van der Waals surface area contributed by atoms with E-state index in [0.717, 1.165) is 0 Å². The highest BCUT2D eigenvalue weighted by Gasteiger charge is 2.11. The van der Waals surface area contributed by atoms with Gasteiger partial charge in [0.2, 0.25) is 0 Å². The minimum Gasteiger partial charge on any atom is -0.481 e. The lowest BCUT2D eigenvalue weighted by Crippen LogP contribution is -2.28. The number of rotatable bonds is 6. The third kappa shape index (κ3) is 4.12. The molecule has 0 radical (unpaired) electrons. The molecule has 0 aromatic carbocycles. The van der Waals surface area contributed by atoms with Gasteiger partial charge in [0.25, 0.3) is 5.91 Å². The zero-order valence-corrected chi connectivity index (χ0v) is 8.97. The number of hydrogen-bond donors (Lipinski definition) is 2. The molecule has 0 aliphatic rings. The summed E-state index contributed by atoms with van der Waals surface area (Å²) in [5, 5.41) is 14.6. The highest BCUT2D eigenvalue weighted by molar-refractivity contribution is 5.91. The van der Waals surface area contributed by atoms with E-state index in [-0.39, 0.29) is 23.9 Å². The molecule has 0 saturated heterocycles. The Hall–Kier alpha value is -1.85. The average molecular weight is 226 g/mol. The topological polar surface area (TPSA) is 92.4 Å². The predicted octanol–water partition coefficient (Wildman–Crippen LogP) is 0.905. The molecule has 0 bridgehead atoms. The molecule has 1 amide bonds. The molecule has 2 N–H and O–H groups in total. The summed E-state index contributed by atoms with van der Waals surface area (Å²) in [7, 11) is 0. The van der Waals surface area contributed by atoms with Gasteiger partial charge in [-0.1, -0.05) is 12.1 Å². The second-order valence-electron chi connectivity index (χ2n) is 3.63. The van der Waals surface area contributed by atoms with Crippen molar-refractivity contribution in [3.8, 4) is 0 Å². The van der Waals surface area contributed by atoms with Crippen LogP contribution in [0.4, 0.5) is 0 Å². The number of carboxylic acid groups (broad SMARTS) is 1. The molecule has 0 fully saturated rings. The van der Waals surface area contributed by atoms with Crippen molar-refractivity contribution in [1.82, 2.24) is 10.5 Å². The van der Waals surface area contributed by atoms with Crippen molar-refractivity contribution in [3.05, 3.63) is 18.0 Å². The van der Waals surface area contributed by atoms with E-state index in [9.17, 15) is 9.59 Å². The maximum absolute atomic E-state index is 11.4. The number of carbonyl (C=O) groups is 2. The molecule has 1 aromatic rings. The molecule has 6 nitrogen and oxygen atoms in total. The highest BCUT2D eigenvalue weighted by atomic mass is 16.5. The van der Waals surface area contributed by atoms with E-state index in [1.807, 2.05) is 6.92 Å². The van der Waals surface area contributed by atoms with Gasteiger partial charge in [0.15, 0.2) is 5.69 Å². The SMILES string of the molecule is CC(CCC(=O)O)CNC(=O)c1ccon1. The van der Waals surface area contributed by atoms with Gasteiger partial charge in [-0.25, -0.2) is 0 Å². The molecule has 16 heavy (non-hydrogen) atoms. The Bertz CT molecular complexity index is 348. The minimum absolute atomic E-state index is 0.112. The molecule has 0 spiro atoms. The monoisotopic (exact) mass is 226 g/mol. The van der Waals surface area contributed by atoms with Crippen molar-refractivity contribution in [2.45, 2.75) is 19.8 Å². The number of aromatic nitrogens is 1. The fraction of sp³-hybridized carbons (Fsp3) is 0.500. The van der Waals surface area contributed by atoms with Crippen molar-refractivity contribution in [3.63, 3.8) is 0 Å². The Morgan fingerprint density at radius 3 is 2.94 bits per heavy atom. The maximum atomic E-state index is 11.4. The first-order valence-corrected chi connectivity index (χ1v) is 5.00. The first-order valence-electron chi connectivity index (χ1n) is 5.00. The molecule has 0 saturated carbocycles. The molecular weight excluding hydrogens is 212 g/mol. The first-order chi connectivity index (χ1) is 7.59. The van der Waals surface area contributed by atoms with Gasteiger partial charge in [0.1, 0.15) is 6.26 Å². The quantitative estimate of drug-likeness (QED) is 0.751. The van der Waals surface area contributed by atoms with Crippen molar-refractivity contribution in [1.29, 1.82) is 0 Å². The van der Waals surface area contributed by atoms with Gasteiger partial charge in [-0.15, -0.1) is 0 Å². The van der Waals surface area contributed by atoms with Gasteiger partial charge in [-0.3, -0.25) is 9.59 Å². The molecule has 0 aliphatic carbocycles.